The number of ether oxygens (including phenoxy) is 3. The lowest BCUT2D eigenvalue weighted by Crippen LogP contribution is -2.39. The molecule has 1 N–H and O–H groups in total. The van der Waals surface area contributed by atoms with Crippen molar-refractivity contribution in [2.24, 2.45) is 5.92 Å². The normalized spacial score (nSPS) is 11.6. The quantitative estimate of drug-likeness (QED) is 0.799. The standard InChI is InChI=1S/C17H28N2O4/c1-7-12(2)11-19(3)17(20)18-10-13-8-14(21-4)16(23-6)15(9-13)22-5/h8-9,12H,7,10-11H2,1-6H3,(H,18,20)/t12-/m1/s1. The number of amides is 2. The van der Waals surface area contributed by atoms with Gasteiger partial charge in [-0.25, -0.2) is 4.79 Å². The summed E-state index contributed by atoms with van der Waals surface area (Å²) in [5.41, 5.74) is 0.879. The van der Waals surface area contributed by atoms with E-state index in [9.17, 15) is 4.79 Å². The fraction of sp³-hybridized carbons (Fsp3) is 0.588. The Labute approximate surface area is 138 Å². The van der Waals surface area contributed by atoms with Gasteiger partial charge in [0.25, 0.3) is 0 Å². The minimum absolute atomic E-state index is 0.0981. The Bertz CT molecular complexity index is 494. The van der Waals surface area contributed by atoms with E-state index in [1.807, 2.05) is 12.1 Å². The molecule has 0 spiro atoms. The summed E-state index contributed by atoms with van der Waals surface area (Å²) >= 11 is 0. The van der Waals surface area contributed by atoms with Crippen LogP contribution in [-0.4, -0.2) is 45.9 Å². The van der Waals surface area contributed by atoms with Crippen molar-refractivity contribution in [2.75, 3.05) is 34.9 Å². The molecular weight excluding hydrogens is 296 g/mol. The first kappa shape index (κ1) is 18.9. The van der Waals surface area contributed by atoms with E-state index in [2.05, 4.69) is 19.2 Å². The maximum Gasteiger partial charge on any atom is 0.317 e. The van der Waals surface area contributed by atoms with Crippen LogP contribution < -0.4 is 19.5 Å². The van der Waals surface area contributed by atoms with Gasteiger partial charge in [-0.3, -0.25) is 0 Å². The van der Waals surface area contributed by atoms with Crippen LogP contribution in [-0.2, 0) is 6.54 Å². The van der Waals surface area contributed by atoms with E-state index in [1.54, 1.807) is 33.3 Å². The van der Waals surface area contributed by atoms with Crippen molar-refractivity contribution < 1.29 is 19.0 Å². The molecule has 130 valence electrons. The van der Waals surface area contributed by atoms with Crippen LogP contribution in [0.4, 0.5) is 4.79 Å². The highest BCUT2D eigenvalue weighted by molar-refractivity contribution is 5.73. The lowest BCUT2D eigenvalue weighted by atomic mass is 10.1. The maximum atomic E-state index is 12.1. The van der Waals surface area contributed by atoms with Crippen LogP contribution in [0.25, 0.3) is 0 Å². The maximum absolute atomic E-state index is 12.1. The molecule has 6 nitrogen and oxygen atoms in total. The molecule has 0 aliphatic heterocycles. The fourth-order valence-corrected chi connectivity index (χ4v) is 2.23. The first-order valence-corrected chi connectivity index (χ1v) is 7.74. The van der Waals surface area contributed by atoms with Crippen molar-refractivity contribution in [3.8, 4) is 17.2 Å². The molecule has 1 aromatic rings. The molecule has 1 atom stereocenters. The molecule has 1 aromatic carbocycles. The summed E-state index contributed by atoms with van der Waals surface area (Å²) in [4.78, 5) is 13.8. The molecule has 0 saturated carbocycles. The van der Waals surface area contributed by atoms with E-state index < -0.39 is 0 Å². The highest BCUT2D eigenvalue weighted by atomic mass is 16.5. The molecule has 0 aromatic heterocycles. The van der Waals surface area contributed by atoms with Crippen LogP contribution in [0.3, 0.4) is 0 Å². The fourth-order valence-electron chi connectivity index (χ4n) is 2.23. The number of hydrogen-bond acceptors (Lipinski definition) is 4. The Kier molecular flexibility index (Phi) is 7.51. The van der Waals surface area contributed by atoms with E-state index >= 15 is 0 Å². The Hall–Kier alpha value is -2.11. The number of rotatable bonds is 8. The van der Waals surface area contributed by atoms with E-state index in [0.717, 1.165) is 18.5 Å². The summed E-state index contributed by atoms with van der Waals surface area (Å²) in [6.07, 6.45) is 1.05. The average Bonchev–Trinajstić information content (AvgIpc) is 2.57. The summed E-state index contributed by atoms with van der Waals surface area (Å²) in [5, 5.41) is 2.90. The third-order valence-corrected chi connectivity index (χ3v) is 3.80. The minimum atomic E-state index is -0.0981. The van der Waals surface area contributed by atoms with Crippen molar-refractivity contribution in [1.82, 2.24) is 10.2 Å². The number of urea groups is 1. The van der Waals surface area contributed by atoms with Gasteiger partial charge in [-0.2, -0.15) is 0 Å². The van der Waals surface area contributed by atoms with Gasteiger partial charge in [0.1, 0.15) is 0 Å². The summed E-state index contributed by atoms with van der Waals surface area (Å²) in [6, 6.07) is 3.56. The molecule has 2 amide bonds. The molecule has 1 rings (SSSR count). The molecule has 0 saturated heterocycles. The number of methoxy groups -OCH3 is 3. The molecular formula is C17H28N2O4. The summed E-state index contributed by atoms with van der Waals surface area (Å²) < 4.78 is 15.9. The molecule has 0 fully saturated rings. The zero-order valence-corrected chi connectivity index (χ0v) is 14.9. The highest BCUT2D eigenvalue weighted by Crippen LogP contribution is 2.38. The SMILES string of the molecule is CC[C@@H](C)CN(C)C(=O)NCc1cc(OC)c(OC)c(OC)c1. The number of benzene rings is 1. The first-order valence-electron chi connectivity index (χ1n) is 7.74. The predicted octanol–water partition coefficient (Wildman–Crippen LogP) is 2.90. The monoisotopic (exact) mass is 324 g/mol. The Morgan fingerprint density at radius 3 is 2.17 bits per heavy atom. The average molecular weight is 324 g/mol. The molecule has 6 heteroatoms. The smallest absolute Gasteiger partial charge is 0.317 e. The third-order valence-electron chi connectivity index (χ3n) is 3.80. The van der Waals surface area contributed by atoms with Crippen LogP contribution in [0.5, 0.6) is 17.2 Å². The van der Waals surface area contributed by atoms with Gasteiger partial charge >= 0.3 is 6.03 Å². The van der Waals surface area contributed by atoms with E-state index in [1.165, 1.54) is 0 Å². The largest absolute Gasteiger partial charge is 0.493 e. The van der Waals surface area contributed by atoms with Gasteiger partial charge < -0.3 is 24.4 Å². The van der Waals surface area contributed by atoms with Crippen molar-refractivity contribution in [3.05, 3.63) is 17.7 Å². The lowest BCUT2D eigenvalue weighted by Gasteiger charge is -2.21. The number of nitrogens with zero attached hydrogens (tertiary/aromatic N) is 1. The molecule has 0 unspecified atom stereocenters. The van der Waals surface area contributed by atoms with Crippen LogP contribution in [0.2, 0.25) is 0 Å². The Balaban J connectivity index is 2.76. The van der Waals surface area contributed by atoms with Crippen molar-refractivity contribution >= 4 is 6.03 Å². The topological polar surface area (TPSA) is 60.0 Å². The van der Waals surface area contributed by atoms with Crippen LogP contribution >= 0.6 is 0 Å². The van der Waals surface area contributed by atoms with Gasteiger partial charge in [-0.1, -0.05) is 20.3 Å². The lowest BCUT2D eigenvalue weighted by molar-refractivity contribution is 0.201. The molecule has 0 aliphatic carbocycles. The summed E-state index contributed by atoms with van der Waals surface area (Å²) in [5.74, 6) is 2.17. The van der Waals surface area contributed by atoms with Crippen molar-refractivity contribution in [2.45, 2.75) is 26.8 Å². The van der Waals surface area contributed by atoms with Gasteiger partial charge in [0, 0.05) is 20.1 Å². The second-order valence-corrected chi connectivity index (χ2v) is 5.59. The minimum Gasteiger partial charge on any atom is -0.493 e. The Morgan fingerprint density at radius 1 is 1.17 bits per heavy atom. The van der Waals surface area contributed by atoms with Gasteiger partial charge in [-0.15, -0.1) is 0 Å². The molecule has 0 heterocycles. The van der Waals surface area contributed by atoms with Crippen LogP contribution in [0, 0.1) is 5.92 Å². The molecule has 0 aliphatic rings. The van der Waals surface area contributed by atoms with Gasteiger partial charge in [-0.05, 0) is 23.6 Å². The molecule has 0 radical (unpaired) electrons. The van der Waals surface area contributed by atoms with Gasteiger partial charge in [0.15, 0.2) is 11.5 Å². The first-order chi connectivity index (χ1) is 11.0. The summed E-state index contributed by atoms with van der Waals surface area (Å²) in [7, 11) is 6.50. The number of nitrogens with one attached hydrogen (secondary N) is 1. The number of carbonyl (C=O) groups excluding carboxylic acids is 1. The molecule has 23 heavy (non-hydrogen) atoms. The second kappa shape index (κ2) is 9.12. The predicted molar refractivity (Wildman–Crippen MR) is 90.4 cm³/mol. The highest BCUT2D eigenvalue weighted by Gasteiger charge is 2.15. The van der Waals surface area contributed by atoms with Gasteiger partial charge in [0.05, 0.1) is 21.3 Å². The zero-order chi connectivity index (χ0) is 17.4. The van der Waals surface area contributed by atoms with E-state index in [4.69, 9.17) is 14.2 Å². The van der Waals surface area contributed by atoms with Crippen molar-refractivity contribution in [3.63, 3.8) is 0 Å². The van der Waals surface area contributed by atoms with E-state index in [0.29, 0.717) is 29.7 Å². The number of carbonyl (C=O) groups is 1. The van der Waals surface area contributed by atoms with Gasteiger partial charge in [0.2, 0.25) is 5.75 Å². The van der Waals surface area contributed by atoms with E-state index in [-0.39, 0.29) is 6.03 Å². The zero-order valence-electron chi connectivity index (χ0n) is 14.9. The third kappa shape index (κ3) is 5.23. The van der Waals surface area contributed by atoms with Crippen molar-refractivity contribution in [1.29, 1.82) is 0 Å². The molecule has 0 bridgehead atoms. The second-order valence-electron chi connectivity index (χ2n) is 5.59. The number of hydrogen-bond donors (Lipinski definition) is 1. The Morgan fingerprint density at radius 2 is 1.74 bits per heavy atom. The summed E-state index contributed by atoms with van der Waals surface area (Å²) in [6.45, 7) is 5.37. The van der Waals surface area contributed by atoms with Crippen LogP contribution in [0.1, 0.15) is 25.8 Å². The van der Waals surface area contributed by atoms with Crippen LogP contribution in [0.15, 0.2) is 12.1 Å².